The molecule has 0 unspecified atom stereocenters. The van der Waals surface area contributed by atoms with Crippen molar-refractivity contribution in [1.29, 1.82) is 0 Å². The van der Waals surface area contributed by atoms with E-state index in [0.29, 0.717) is 24.5 Å². The first-order valence-corrected chi connectivity index (χ1v) is 8.14. The second kappa shape index (κ2) is 7.49. The van der Waals surface area contributed by atoms with Gasteiger partial charge in [0.05, 0.1) is 12.6 Å². The molecular weight excluding hydrogens is 308 g/mol. The van der Waals surface area contributed by atoms with E-state index in [2.05, 4.69) is 5.16 Å². The Morgan fingerprint density at radius 2 is 2.29 bits per heavy atom. The van der Waals surface area contributed by atoms with Crippen molar-refractivity contribution in [2.75, 3.05) is 20.3 Å². The molecule has 128 valence electrons. The second-order valence-corrected chi connectivity index (χ2v) is 6.06. The zero-order valence-electron chi connectivity index (χ0n) is 14.0. The van der Waals surface area contributed by atoms with Gasteiger partial charge in [-0.25, -0.2) is 0 Å². The Bertz CT molecular complexity index is 692. The topological polar surface area (TPSA) is 64.8 Å². The lowest BCUT2D eigenvalue weighted by Crippen LogP contribution is -2.26. The number of hydrogen-bond donors (Lipinski definition) is 0. The van der Waals surface area contributed by atoms with E-state index in [1.807, 2.05) is 25.1 Å². The molecule has 6 nitrogen and oxygen atoms in total. The molecule has 0 bridgehead atoms. The van der Waals surface area contributed by atoms with E-state index in [-0.39, 0.29) is 12.0 Å². The zero-order valence-corrected chi connectivity index (χ0v) is 14.0. The van der Waals surface area contributed by atoms with Crippen LogP contribution in [0.25, 0.3) is 0 Å². The number of carbonyl (C=O) groups is 1. The van der Waals surface area contributed by atoms with Crippen LogP contribution in [0.15, 0.2) is 34.9 Å². The van der Waals surface area contributed by atoms with E-state index in [9.17, 15) is 4.79 Å². The molecule has 0 radical (unpaired) electrons. The number of ether oxygens (including phenoxy) is 2. The number of benzene rings is 1. The predicted octanol–water partition coefficient (Wildman–Crippen LogP) is 2.81. The molecule has 1 fully saturated rings. The van der Waals surface area contributed by atoms with Crippen molar-refractivity contribution in [2.45, 2.75) is 32.4 Å². The predicted molar refractivity (Wildman–Crippen MR) is 87.9 cm³/mol. The average molecular weight is 330 g/mol. The first kappa shape index (κ1) is 16.5. The highest BCUT2D eigenvalue weighted by molar-refractivity contribution is 5.94. The van der Waals surface area contributed by atoms with Crippen molar-refractivity contribution in [3.8, 4) is 5.75 Å². The Hall–Kier alpha value is -2.34. The van der Waals surface area contributed by atoms with Crippen LogP contribution in [0.1, 0.15) is 34.7 Å². The number of rotatable bonds is 6. The molecule has 1 aromatic carbocycles. The molecule has 1 aromatic heterocycles. The highest BCUT2D eigenvalue weighted by Crippen LogP contribution is 2.18. The molecule has 6 heteroatoms. The maximum absolute atomic E-state index is 12.6. The van der Waals surface area contributed by atoms with Crippen molar-refractivity contribution >= 4 is 5.91 Å². The van der Waals surface area contributed by atoms with Crippen molar-refractivity contribution in [3.05, 3.63) is 47.3 Å². The van der Waals surface area contributed by atoms with Gasteiger partial charge in [-0.1, -0.05) is 11.2 Å². The zero-order chi connectivity index (χ0) is 16.9. The molecule has 0 N–H and O–H groups in total. The summed E-state index contributed by atoms with van der Waals surface area (Å²) < 4.78 is 16.3. The van der Waals surface area contributed by atoms with Crippen LogP contribution < -0.4 is 4.74 Å². The summed E-state index contributed by atoms with van der Waals surface area (Å²) in [6.07, 6.45) is 2.26. The maximum atomic E-state index is 12.6. The molecule has 1 aliphatic rings. The molecule has 0 spiro atoms. The third kappa shape index (κ3) is 4.14. The number of nitrogens with zero attached hydrogens (tertiary/aromatic N) is 2. The third-order valence-electron chi connectivity index (χ3n) is 3.96. The number of amides is 1. The maximum Gasteiger partial charge on any atom is 0.254 e. The lowest BCUT2D eigenvalue weighted by atomic mass is 10.2. The van der Waals surface area contributed by atoms with E-state index < -0.39 is 0 Å². The van der Waals surface area contributed by atoms with Gasteiger partial charge < -0.3 is 18.9 Å². The molecule has 2 heterocycles. The Kier molecular flexibility index (Phi) is 5.15. The summed E-state index contributed by atoms with van der Waals surface area (Å²) in [6, 6.07) is 9.05. The first-order chi connectivity index (χ1) is 11.6. The van der Waals surface area contributed by atoms with Crippen LogP contribution in [0.4, 0.5) is 0 Å². The van der Waals surface area contributed by atoms with Crippen LogP contribution in [-0.4, -0.2) is 42.3 Å². The van der Waals surface area contributed by atoms with E-state index in [1.54, 1.807) is 24.1 Å². The molecule has 24 heavy (non-hydrogen) atoms. The fourth-order valence-corrected chi connectivity index (χ4v) is 2.71. The molecule has 1 amide bonds. The van der Waals surface area contributed by atoms with Gasteiger partial charge in [0.25, 0.3) is 5.91 Å². The SMILES string of the molecule is Cc1cc(CN(C)C(=O)c2cccc(OC[C@@H]3CCCO3)c2)no1. The largest absolute Gasteiger partial charge is 0.491 e. The van der Waals surface area contributed by atoms with E-state index >= 15 is 0 Å². The van der Waals surface area contributed by atoms with Gasteiger partial charge in [-0.2, -0.15) is 0 Å². The van der Waals surface area contributed by atoms with E-state index in [0.717, 1.165) is 30.9 Å². The van der Waals surface area contributed by atoms with Crippen LogP contribution in [0.2, 0.25) is 0 Å². The number of aryl methyl sites for hydroxylation is 1. The molecular formula is C18H22N2O4. The second-order valence-electron chi connectivity index (χ2n) is 6.06. The Balaban J connectivity index is 1.60. The Morgan fingerprint density at radius 3 is 3.00 bits per heavy atom. The highest BCUT2D eigenvalue weighted by Gasteiger charge is 2.17. The van der Waals surface area contributed by atoms with Gasteiger partial charge in [-0.15, -0.1) is 0 Å². The van der Waals surface area contributed by atoms with Crippen molar-refractivity contribution in [3.63, 3.8) is 0 Å². The van der Waals surface area contributed by atoms with Crippen LogP contribution in [0.5, 0.6) is 5.75 Å². The first-order valence-electron chi connectivity index (χ1n) is 8.14. The average Bonchev–Trinajstić information content (AvgIpc) is 3.24. The minimum Gasteiger partial charge on any atom is -0.491 e. The minimum absolute atomic E-state index is 0.0850. The standard InChI is InChI=1S/C18H22N2O4/c1-13-9-15(19-24-13)11-20(2)18(21)14-5-3-6-16(10-14)23-12-17-7-4-8-22-17/h3,5-6,9-10,17H,4,7-8,11-12H2,1-2H3/t17-/m0/s1. The number of hydrogen-bond acceptors (Lipinski definition) is 5. The molecule has 0 aliphatic carbocycles. The van der Waals surface area contributed by atoms with E-state index in [1.165, 1.54) is 0 Å². The summed E-state index contributed by atoms with van der Waals surface area (Å²) >= 11 is 0. The summed E-state index contributed by atoms with van der Waals surface area (Å²) in [5.74, 6) is 1.33. The molecule has 0 saturated carbocycles. The number of aromatic nitrogens is 1. The van der Waals surface area contributed by atoms with Crippen molar-refractivity contribution in [2.24, 2.45) is 0 Å². The summed E-state index contributed by atoms with van der Waals surface area (Å²) in [5.41, 5.74) is 1.32. The van der Waals surface area contributed by atoms with Crippen LogP contribution >= 0.6 is 0 Å². The Morgan fingerprint density at radius 1 is 1.42 bits per heavy atom. The van der Waals surface area contributed by atoms with Crippen LogP contribution in [-0.2, 0) is 11.3 Å². The lowest BCUT2D eigenvalue weighted by molar-refractivity contribution is 0.0678. The summed E-state index contributed by atoms with van der Waals surface area (Å²) in [4.78, 5) is 14.2. The normalized spacial score (nSPS) is 17.0. The highest BCUT2D eigenvalue weighted by atomic mass is 16.5. The van der Waals surface area contributed by atoms with Gasteiger partial charge in [-0.3, -0.25) is 4.79 Å². The fourth-order valence-electron chi connectivity index (χ4n) is 2.71. The van der Waals surface area contributed by atoms with Gasteiger partial charge in [0.1, 0.15) is 23.8 Å². The van der Waals surface area contributed by atoms with Gasteiger partial charge in [0.15, 0.2) is 0 Å². The van der Waals surface area contributed by atoms with E-state index in [4.69, 9.17) is 14.0 Å². The van der Waals surface area contributed by atoms with Crippen LogP contribution in [0.3, 0.4) is 0 Å². The lowest BCUT2D eigenvalue weighted by Gasteiger charge is -2.16. The third-order valence-corrected chi connectivity index (χ3v) is 3.96. The summed E-state index contributed by atoms with van der Waals surface area (Å²) in [6.45, 7) is 3.55. The quantitative estimate of drug-likeness (QED) is 0.815. The Labute approximate surface area is 141 Å². The summed E-state index contributed by atoms with van der Waals surface area (Å²) in [7, 11) is 1.74. The van der Waals surface area contributed by atoms with Gasteiger partial charge in [0, 0.05) is 25.3 Å². The fraction of sp³-hybridized carbons (Fsp3) is 0.444. The monoisotopic (exact) mass is 330 g/mol. The van der Waals surface area contributed by atoms with Gasteiger partial charge in [0.2, 0.25) is 0 Å². The number of carbonyl (C=O) groups excluding carboxylic acids is 1. The molecule has 2 aromatic rings. The van der Waals surface area contributed by atoms with Crippen LogP contribution in [0, 0.1) is 6.92 Å². The molecule has 1 aliphatic heterocycles. The summed E-state index contributed by atoms with van der Waals surface area (Å²) in [5, 5.41) is 3.92. The minimum atomic E-state index is -0.0850. The van der Waals surface area contributed by atoms with Gasteiger partial charge in [-0.05, 0) is 38.0 Å². The molecule has 1 atom stereocenters. The van der Waals surface area contributed by atoms with Crippen molar-refractivity contribution in [1.82, 2.24) is 10.1 Å². The molecule has 3 rings (SSSR count). The van der Waals surface area contributed by atoms with Gasteiger partial charge >= 0.3 is 0 Å². The smallest absolute Gasteiger partial charge is 0.254 e. The van der Waals surface area contributed by atoms with Crippen molar-refractivity contribution < 1.29 is 18.8 Å². The molecule has 1 saturated heterocycles.